The Balaban J connectivity index is 0.00000226. The Kier molecular flexibility index (Phi) is 12.0. The molecule has 0 atom stereocenters. The topological polar surface area (TPSA) is 99.8 Å². The molecule has 0 unspecified atom stereocenters. The van der Waals surface area contributed by atoms with Gasteiger partial charge in [-0.05, 0) is 82.3 Å². The second kappa shape index (κ2) is 15.9. The number of nitrogens with one attached hydrogen (secondary N) is 3. The number of nitriles is 1. The first-order valence-corrected chi connectivity index (χ1v) is 14.0. The molecule has 0 radical (unpaired) electrons. The van der Waals surface area contributed by atoms with Crippen molar-refractivity contribution in [2.45, 2.75) is 40.5 Å². The maximum Gasteiger partial charge on any atom is 0.158 e. The van der Waals surface area contributed by atoms with Crippen LogP contribution < -0.4 is 20.7 Å². The molecule has 1 aromatic carbocycles. The summed E-state index contributed by atoms with van der Waals surface area (Å²) in [4.78, 5) is 4.62. The van der Waals surface area contributed by atoms with Gasteiger partial charge in [0.25, 0.3) is 0 Å². The summed E-state index contributed by atoms with van der Waals surface area (Å²) in [5, 5.41) is 24.9. The van der Waals surface area contributed by atoms with Crippen LogP contribution in [0.5, 0.6) is 11.5 Å². The van der Waals surface area contributed by atoms with Gasteiger partial charge >= 0.3 is 0 Å². The van der Waals surface area contributed by atoms with Gasteiger partial charge in [-0.1, -0.05) is 56.4 Å². The van der Waals surface area contributed by atoms with E-state index in [1.54, 1.807) is 24.0 Å². The zero-order chi connectivity index (χ0) is 29.6. The molecule has 0 saturated carbocycles. The Morgan fingerprint density at radius 3 is 2.44 bits per heavy atom. The van der Waals surface area contributed by atoms with Gasteiger partial charge in [-0.25, -0.2) is 4.68 Å². The Hall–Kier alpha value is -4.52. The highest BCUT2D eigenvalue weighted by molar-refractivity contribution is 7.80. The fourth-order valence-corrected chi connectivity index (χ4v) is 4.18. The number of nitrogens with zero attached hydrogens (tertiary/aromatic N) is 4. The van der Waals surface area contributed by atoms with Crippen LogP contribution >= 0.6 is 12.2 Å². The van der Waals surface area contributed by atoms with Gasteiger partial charge in [-0.2, -0.15) is 5.26 Å². The highest BCUT2D eigenvalue weighted by Crippen LogP contribution is 2.35. The lowest BCUT2D eigenvalue weighted by Gasteiger charge is -2.16. The van der Waals surface area contributed by atoms with Crippen LogP contribution in [0.25, 0.3) is 5.70 Å². The smallest absolute Gasteiger partial charge is 0.158 e. The van der Waals surface area contributed by atoms with Gasteiger partial charge < -0.3 is 20.7 Å². The van der Waals surface area contributed by atoms with E-state index in [4.69, 9.17) is 22.1 Å². The van der Waals surface area contributed by atoms with Gasteiger partial charge in [-0.3, -0.25) is 4.98 Å². The standard InChI is InChI=1S/C30H31N7OS.C2H6/c1-21(20-31)28(23-8-6-4-5-7-9-23)37-30(34-22(2)39)27(16-17-32-3)29(36-37)35-24-10-12-25(13-11-24)38-26-14-18-33-19-15-26;1-2/h4-6,8-15,18-19,32H,7,16-17H2,1-3H3,(H,34,39)(H,35,36);1-2H3/b28-21+;. The third-order valence-electron chi connectivity index (χ3n) is 5.91. The number of anilines is 3. The molecule has 0 aliphatic heterocycles. The first-order valence-electron chi connectivity index (χ1n) is 13.6. The predicted molar refractivity (Wildman–Crippen MR) is 173 cm³/mol. The molecule has 212 valence electrons. The Bertz CT molecular complexity index is 1480. The van der Waals surface area contributed by atoms with Gasteiger partial charge in [0, 0.05) is 23.6 Å². The highest BCUT2D eigenvalue weighted by atomic mass is 32.1. The number of pyridine rings is 1. The summed E-state index contributed by atoms with van der Waals surface area (Å²) in [5.41, 5.74) is 3.96. The van der Waals surface area contributed by atoms with Crippen LogP contribution in [0.1, 0.15) is 39.7 Å². The van der Waals surface area contributed by atoms with E-state index < -0.39 is 0 Å². The molecule has 2 heterocycles. The van der Waals surface area contributed by atoms with Crippen molar-refractivity contribution in [2.75, 3.05) is 24.2 Å². The van der Waals surface area contributed by atoms with Crippen molar-refractivity contribution in [1.82, 2.24) is 20.1 Å². The first-order chi connectivity index (χ1) is 20.0. The van der Waals surface area contributed by atoms with Crippen molar-refractivity contribution in [3.8, 4) is 17.6 Å². The minimum atomic E-state index is 0.546. The van der Waals surface area contributed by atoms with Gasteiger partial charge in [0.2, 0.25) is 0 Å². The van der Waals surface area contributed by atoms with Crippen molar-refractivity contribution < 1.29 is 4.74 Å². The fraction of sp³-hybridized carbons (Fsp3) is 0.250. The van der Waals surface area contributed by atoms with Crippen LogP contribution in [-0.4, -0.2) is 33.3 Å². The molecule has 4 rings (SSSR count). The number of hydrogen-bond acceptors (Lipinski definition) is 7. The van der Waals surface area contributed by atoms with Crippen molar-refractivity contribution in [3.63, 3.8) is 0 Å². The molecule has 41 heavy (non-hydrogen) atoms. The highest BCUT2D eigenvalue weighted by Gasteiger charge is 2.23. The minimum Gasteiger partial charge on any atom is -0.457 e. The van der Waals surface area contributed by atoms with E-state index in [0.717, 1.165) is 35.6 Å². The summed E-state index contributed by atoms with van der Waals surface area (Å²) in [7, 11) is 1.91. The zero-order valence-corrected chi connectivity index (χ0v) is 25.0. The maximum absolute atomic E-state index is 9.92. The average molecular weight is 568 g/mol. The number of rotatable bonds is 10. The number of thiocarbonyl (C=S) groups is 1. The van der Waals surface area contributed by atoms with Crippen LogP contribution in [0.15, 0.2) is 90.3 Å². The number of allylic oxidation sites excluding steroid dienone is 8. The monoisotopic (exact) mass is 567 g/mol. The third kappa shape index (κ3) is 8.48. The van der Waals surface area contributed by atoms with E-state index in [2.05, 4.69) is 39.2 Å². The van der Waals surface area contributed by atoms with Gasteiger partial charge in [0.1, 0.15) is 17.3 Å². The zero-order valence-electron chi connectivity index (χ0n) is 24.2. The van der Waals surface area contributed by atoms with Crippen LogP contribution in [0.4, 0.5) is 17.3 Å². The lowest BCUT2D eigenvalue weighted by molar-refractivity contribution is 0.482. The summed E-state index contributed by atoms with van der Waals surface area (Å²) in [6.45, 7) is 8.37. The summed E-state index contributed by atoms with van der Waals surface area (Å²) < 4.78 is 7.70. The molecule has 8 nitrogen and oxygen atoms in total. The summed E-state index contributed by atoms with van der Waals surface area (Å²) in [6.07, 6.45) is 15.0. The van der Waals surface area contributed by atoms with Crippen LogP contribution in [0.2, 0.25) is 0 Å². The quantitative estimate of drug-likeness (QED) is 0.170. The number of likely N-dealkylation sites (N-methyl/N-ethyl adjacent to an activating group) is 1. The van der Waals surface area contributed by atoms with Crippen LogP contribution in [-0.2, 0) is 6.42 Å². The van der Waals surface area contributed by atoms with Crippen molar-refractivity contribution in [1.29, 1.82) is 5.26 Å². The van der Waals surface area contributed by atoms with Gasteiger partial charge in [0.15, 0.2) is 5.82 Å². The van der Waals surface area contributed by atoms with Crippen LogP contribution in [0, 0.1) is 11.3 Å². The van der Waals surface area contributed by atoms with Gasteiger partial charge in [-0.15, -0.1) is 5.10 Å². The van der Waals surface area contributed by atoms with E-state index in [9.17, 15) is 5.26 Å². The molecule has 3 aromatic rings. The predicted octanol–water partition coefficient (Wildman–Crippen LogP) is 7.56. The number of aromatic nitrogens is 3. The van der Waals surface area contributed by atoms with Crippen molar-refractivity contribution in [3.05, 3.63) is 95.9 Å². The molecule has 9 heteroatoms. The van der Waals surface area contributed by atoms with E-state index in [1.165, 1.54) is 0 Å². The third-order valence-corrected chi connectivity index (χ3v) is 6.01. The summed E-state index contributed by atoms with van der Waals surface area (Å²) in [5.74, 6) is 2.83. The normalized spacial score (nSPS) is 12.6. The Morgan fingerprint density at radius 2 is 1.78 bits per heavy atom. The summed E-state index contributed by atoms with van der Waals surface area (Å²) >= 11 is 5.45. The van der Waals surface area contributed by atoms with E-state index >= 15 is 0 Å². The Morgan fingerprint density at radius 1 is 1.07 bits per heavy atom. The largest absolute Gasteiger partial charge is 0.457 e. The second-order valence-electron chi connectivity index (χ2n) is 8.82. The second-order valence-corrected chi connectivity index (χ2v) is 9.44. The maximum atomic E-state index is 9.92. The summed E-state index contributed by atoms with van der Waals surface area (Å²) in [6, 6.07) is 13.6. The van der Waals surface area contributed by atoms with Crippen molar-refractivity contribution in [2.24, 2.45) is 0 Å². The SMILES string of the molecule is CC.CNCCc1c(Nc2ccc(Oc3ccncc3)cc2)nn(/C(C2=CCC=CC=C2)=C(\C)C#N)c1NC(C)=S. The molecule has 3 N–H and O–H groups in total. The van der Waals surface area contributed by atoms with Crippen molar-refractivity contribution >= 4 is 40.2 Å². The fourth-order valence-electron chi connectivity index (χ4n) is 4.09. The molecule has 0 saturated heterocycles. The van der Waals surface area contributed by atoms with E-state index in [0.29, 0.717) is 40.0 Å². The molecular weight excluding hydrogens is 530 g/mol. The molecule has 1 aliphatic rings. The molecule has 2 aromatic heterocycles. The number of hydrogen-bond donors (Lipinski definition) is 3. The van der Waals surface area contributed by atoms with E-state index in [-0.39, 0.29) is 0 Å². The molecule has 1 aliphatic carbocycles. The number of benzene rings is 1. The average Bonchev–Trinajstić information content (AvgIpc) is 3.13. The Labute approximate surface area is 248 Å². The molecular formula is C32H37N7OS. The van der Waals surface area contributed by atoms with E-state index in [1.807, 2.05) is 82.4 Å². The molecule has 0 fully saturated rings. The lowest BCUT2D eigenvalue weighted by Crippen LogP contribution is -2.15. The minimum absolute atomic E-state index is 0.546. The molecule has 0 spiro atoms. The van der Waals surface area contributed by atoms with Crippen LogP contribution in [0.3, 0.4) is 0 Å². The number of ether oxygens (including phenoxy) is 1. The first kappa shape index (κ1) is 31.0. The van der Waals surface area contributed by atoms with Gasteiger partial charge in [0.05, 0.1) is 22.3 Å². The lowest BCUT2D eigenvalue weighted by atomic mass is 10.1. The molecule has 0 amide bonds. The molecule has 0 bridgehead atoms.